The summed E-state index contributed by atoms with van der Waals surface area (Å²) in [6.07, 6.45) is 1.70. The number of hydrogen-bond donors (Lipinski definition) is 1. The highest BCUT2D eigenvalue weighted by atomic mass is 32.1. The van der Waals surface area contributed by atoms with Gasteiger partial charge in [-0.25, -0.2) is 19.8 Å². The minimum atomic E-state index is -0.415. The van der Waals surface area contributed by atoms with Gasteiger partial charge in [0, 0.05) is 16.7 Å². The third-order valence-corrected chi connectivity index (χ3v) is 6.15. The Labute approximate surface area is 182 Å². The number of thiazole rings is 1. The highest BCUT2D eigenvalue weighted by Gasteiger charge is 2.36. The van der Waals surface area contributed by atoms with Crippen LogP contribution >= 0.6 is 11.3 Å². The Balaban J connectivity index is 1.55. The van der Waals surface area contributed by atoms with Crippen molar-refractivity contribution in [2.45, 2.75) is 18.9 Å². The Morgan fingerprint density at radius 2 is 1.84 bits per heavy atom. The minimum Gasteiger partial charge on any atom is -0.327 e. The maximum atomic E-state index is 12.2. The number of aliphatic imine (C=N–C) groups is 1. The summed E-state index contributed by atoms with van der Waals surface area (Å²) in [5, 5.41) is 14.8. The molecule has 0 aliphatic carbocycles. The summed E-state index contributed by atoms with van der Waals surface area (Å²) in [4.78, 5) is 30.4. The van der Waals surface area contributed by atoms with Crippen molar-refractivity contribution in [2.75, 3.05) is 0 Å². The number of nitriles is 1. The van der Waals surface area contributed by atoms with Crippen LogP contribution in [0.25, 0.3) is 22.3 Å². The number of fused-ring (bicyclic) bond motifs is 1. The molecule has 1 aliphatic rings. The molecule has 0 fully saturated rings. The van der Waals surface area contributed by atoms with Gasteiger partial charge in [0.15, 0.2) is 0 Å². The zero-order valence-corrected chi connectivity index (χ0v) is 17.3. The van der Waals surface area contributed by atoms with Crippen molar-refractivity contribution in [3.05, 3.63) is 76.4 Å². The number of rotatable bonds is 3. The van der Waals surface area contributed by atoms with Gasteiger partial charge in [-0.05, 0) is 31.2 Å². The average Bonchev–Trinajstić information content (AvgIpc) is 3.28. The van der Waals surface area contributed by atoms with Gasteiger partial charge >= 0.3 is 6.03 Å². The van der Waals surface area contributed by atoms with E-state index < -0.39 is 12.1 Å². The number of amides is 2. The third kappa shape index (κ3) is 3.56. The molecule has 2 aromatic carbocycles. The third-order valence-electron chi connectivity index (χ3n) is 5.22. The van der Waals surface area contributed by atoms with Crippen molar-refractivity contribution in [1.82, 2.24) is 20.3 Å². The lowest BCUT2D eigenvalue weighted by Gasteiger charge is -2.29. The molecule has 1 aliphatic heterocycles. The summed E-state index contributed by atoms with van der Waals surface area (Å²) in [6.45, 7) is 1.84. The number of para-hydroxylation sites is 2. The summed E-state index contributed by atoms with van der Waals surface area (Å²) >= 11 is 1.51. The van der Waals surface area contributed by atoms with Crippen LogP contribution in [0.2, 0.25) is 0 Å². The Morgan fingerprint density at radius 1 is 1.06 bits per heavy atom. The molecule has 0 bridgehead atoms. The van der Waals surface area contributed by atoms with Gasteiger partial charge in [-0.3, -0.25) is 4.98 Å². The largest absolute Gasteiger partial charge is 0.341 e. The summed E-state index contributed by atoms with van der Waals surface area (Å²) < 4.78 is 0. The summed E-state index contributed by atoms with van der Waals surface area (Å²) in [7, 11) is 0. The van der Waals surface area contributed by atoms with Crippen molar-refractivity contribution in [3.63, 3.8) is 0 Å². The van der Waals surface area contributed by atoms with Crippen LogP contribution in [-0.2, 0) is 0 Å². The smallest absolute Gasteiger partial charge is 0.327 e. The first-order valence-electron chi connectivity index (χ1n) is 9.66. The normalized spacial score (nSPS) is 18.3. The molecular formula is C23H16N6OS. The molecule has 1 N–H and O–H groups in total. The van der Waals surface area contributed by atoms with Gasteiger partial charge in [-0.1, -0.05) is 24.3 Å². The lowest BCUT2D eigenvalue weighted by molar-refractivity contribution is 0.242. The molecule has 0 saturated carbocycles. The second-order valence-electron chi connectivity index (χ2n) is 7.20. The zero-order valence-electron chi connectivity index (χ0n) is 16.5. The van der Waals surface area contributed by atoms with Crippen LogP contribution in [0.15, 0.2) is 65.1 Å². The topological polar surface area (TPSA) is 104 Å². The number of carbonyl (C=O) groups excluding carboxylic acids is 1. The molecule has 2 unspecified atom stereocenters. The van der Waals surface area contributed by atoms with E-state index in [1.54, 1.807) is 18.3 Å². The van der Waals surface area contributed by atoms with Gasteiger partial charge < -0.3 is 5.32 Å². The molecule has 3 heterocycles. The Morgan fingerprint density at radius 3 is 2.61 bits per heavy atom. The fourth-order valence-corrected chi connectivity index (χ4v) is 4.71. The lowest BCUT2D eigenvalue weighted by atomic mass is 9.91. The highest BCUT2D eigenvalue weighted by molar-refractivity contribution is 7.10. The Hall–Kier alpha value is -3.96. The predicted molar refractivity (Wildman–Crippen MR) is 119 cm³/mol. The van der Waals surface area contributed by atoms with Crippen LogP contribution in [-0.4, -0.2) is 26.7 Å². The molecule has 8 heteroatoms. The minimum absolute atomic E-state index is 0.245. The fourth-order valence-electron chi connectivity index (χ4n) is 3.69. The van der Waals surface area contributed by atoms with E-state index in [1.165, 1.54) is 11.3 Å². The van der Waals surface area contributed by atoms with E-state index in [9.17, 15) is 4.79 Å². The van der Waals surface area contributed by atoms with Crippen LogP contribution in [0.4, 0.5) is 4.79 Å². The molecular weight excluding hydrogens is 408 g/mol. The molecule has 0 radical (unpaired) electrons. The van der Waals surface area contributed by atoms with Gasteiger partial charge in [-0.2, -0.15) is 5.26 Å². The molecule has 7 nitrogen and oxygen atoms in total. The zero-order chi connectivity index (χ0) is 21.4. The number of nitrogens with one attached hydrogen (secondary N) is 1. The van der Waals surface area contributed by atoms with E-state index in [0.29, 0.717) is 17.0 Å². The van der Waals surface area contributed by atoms with Crippen molar-refractivity contribution < 1.29 is 4.79 Å². The van der Waals surface area contributed by atoms with Crippen molar-refractivity contribution in [2.24, 2.45) is 4.99 Å². The first-order valence-corrected chi connectivity index (χ1v) is 10.5. The standard InChI is InChI=1S/C23H16N6OS/c1-13-20(22-28-19(12-31-22)15-8-6-14(10-24)7-9-15)21(29-23(30)26-13)18-11-25-16-4-2-3-5-17(16)27-18/h2-9,11-12,20-21H,1H3,(H,29,30). The summed E-state index contributed by atoms with van der Waals surface area (Å²) in [6, 6.07) is 16.3. The van der Waals surface area contributed by atoms with Crippen LogP contribution < -0.4 is 5.32 Å². The van der Waals surface area contributed by atoms with Crippen LogP contribution in [0.1, 0.15) is 35.1 Å². The monoisotopic (exact) mass is 424 g/mol. The first kappa shape index (κ1) is 19.0. The number of carbonyl (C=O) groups is 1. The highest BCUT2D eigenvalue weighted by Crippen LogP contribution is 2.37. The molecule has 2 amide bonds. The molecule has 150 valence electrons. The van der Waals surface area contributed by atoms with Crippen LogP contribution in [0, 0.1) is 11.3 Å². The maximum Gasteiger partial charge on any atom is 0.341 e. The van der Waals surface area contributed by atoms with Crippen molar-refractivity contribution in [3.8, 4) is 17.3 Å². The van der Waals surface area contributed by atoms with E-state index >= 15 is 0 Å². The molecule has 4 aromatic rings. The first-order chi connectivity index (χ1) is 15.1. The number of hydrogen-bond acceptors (Lipinski definition) is 6. The quantitative estimate of drug-likeness (QED) is 0.516. The molecule has 2 aromatic heterocycles. The molecule has 2 atom stereocenters. The average molecular weight is 424 g/mol. The lowest BCUT2D eigenvalue weighted by Crippen LogP contribution is -2.39. The van der Waals surface area contributed by atoms with Crippen molar-refractivity contribution >= 4 is 34.1 Å². The van der Waals surface area contributed by atoms with E-state index in [4.69, 9.17) is 15.2 Å². The second kappa shape index (κ2) is 7.70. The maximum absolute atomic E-state index is 12.2. The van der Waals surface area contributed by atoms with E-state index in [1.807, 2.05) is 48.7 Å². The van der Waals surface area contributed by atoms with Crippen LogP contribution in [0.5, 0.6) is 0 Å². The molecule has 31 heavy (non-hydrogen) atoms. The SMILES string of the molecule is CC1=NC(=O)NC(c2cnc3ccccc3n2)C1c1nc(-c2ccc(C#N)cc2)cs1. The predicted octanol–water partition coefficient (Wildman–Crippen LogP) is 4.63. The van der Waals surface area contributed by atoms with Gasteiger partial charge in [0.1, 0.15) is 5.01 Å². The van der Waals surface area contributed by atoms with Crippen LogP contribution in [0.3, 0.4) is 0 Å². The summed E-state index contributed by atoms with van der Waals surface area (Å²) in [5.74, 6) is -0.245. The van der Waals surface area contributed by atoms with Gasteiger partial charge in [-0.15, -0.1) is 11.3 Å². The molecule has 0 saturated heterocycles. The molecule has 0 spiro atoms. The van der Waals surface area contributed by atoms with Gasteiger partial charge in [0.05, 0.1) is 52.2 Å². The van der Waals surface area contributed by atoms with E-state index in [-0.39, 0.29) is 5.92 Å². The fraction of sp³-hybridized carbons (Fsp3) is 0.130. The van der Waals surface area contributed by atoms with E-state index in [2.05, 4.69) is 21.4 Å². The number of aromatic nitrogens is 3. The Kier molecular flexibility index (Phi) is 4.73. The van der Waals surface area contributed by atoms with Gasteiger partial charge in [0.25, 0.3) is 0 Å². The summed E-state index contributed by atoms with van der Waals surface area (Å²) in [5.41, 5.74) is 5.27. The molecule has 5 rings (SSSR count). The van der Waals surface area contributed by atoms with Gasteiger partial charge in [0.2, 0.25) is 0 Å². The number of nitrogens with zero attached hydrogens (tertiary/aromatic N) is 5. The Bertz CT molecular complexity index is 1370. The number of benzene rings is 2. The number of urea groups is 1. The van der Waals surface area contributed by atoms with E-state index in [0.717, 1.165) is 27.3 Å². The second-order valence-corrected chi connectivity index (χ2v) is 8.09. The van der Waals surface area contributed by atoms with Crippen molar-refractivity contribution in [1.29, 1.82) is 5.26 Å².